The molecule has 0 fully saturated rings. The summed E-state index contributed by atoms with van der Waals surface area (Å²) in [4.78, 5) is 7.92. The molecule has 3 rings (SSSR count). The summed E-state index contributed by atoms with van der Waals surface area (Å²) >= 11 is 0. The van der Waals surface area contributed by atoms with Crippen LogP contribution in [0.3, 0.4) is 0 Å². The normalized spacial score (nSPS) is 11.6. The zero-order valence-corrected chi connectivity index (χ0v) is 12.8. The number of fused-ring (bicyclic) bond motifs is 1. The zero-order chi connectivity index (χ0) is 15.4. The number of sulfone groups is 1. The number of hydrogen-bond donors (Lipinski definition) is 2. The Labute approximate surface area is 129 Å². The van der Waals surface area contributed by atoms with Gasteiger partial charge in [0.15, 0.2) is 9.84 Å². The number of aromatic amines is 1. The molecular weight excluding hydrogens is 298 g/mol. The lowest BCUT2D eigenvalue weighted by atomic mass is 10.3. The first-order valence-corrected chi connectivity index (χ1v) is 8.77. The van der Waals surface area contributed by atoms with E-state index in [1.54, 1.807) is 24.3 Å². The first-order chi connectivity index (χ1) is 10.6. The fraction of sp³-hybridized carbons (Fsp3) is 0.188. The van der Waals surface area contributed by atoms with Crippen molar-refractivity contribution in [2.45, 2.75) is 11.3 Å². The molecule has 6 heteroatoms. The van der Waals surface area contributed by atoms with E-state index in [1.165, 1.54) is 0 Å². The summed E-state index contributed by atoms with van der Waals surface area (Å²) in [7, 11) is -3.21. The van der Waals surface area contributed by atoms with E-state index in [4.69, 9.17) is 0 Å². The van der Waals surface area contributed by atoms with Crippen LogP contribution in [-0.2, 0) is 9.84 Å². The molecule has 22 heavy (non-hydrogen) atoms. The summed E-state index contributed by atoms with van der Waals surface area (Å²) < 4.78 is 24.3. The van der Waals surface area contributed by atoms with E-state index < -0.39 is 9.84 Å². The molecule has 0 saturated carbocycles. The first kappa shape index (κ1) is 14.6. The van der Waals surface area contributed by atoms with Gasteiger partial charge in [-0.15, -0.1) is 0 Å². The van der Waals surface area contributed by atoms with Crippen molar-refractivity contribution < 1.29 is 8.42 Å². The smallest absolute Gasteiger partial charge is 0.201 e. The summed E-state index contributed by atoms with van der Waals surface area (Å²) in [6, 6.07) is 16.3. The summed E-state index contributed by atoms with van der Waals surface area (Å²) in [6.07, 6.45) is 0.522. The van der Waals surface area contributed by atoms with Crippen LogP contribution in [-0.4, -0.2) is 30.7 Å². The van der Waals surface area contributed by atoms with Gasteiger partial charge in [-0.1, -0.05) is 30.3 Å². The average molecular weight is 315 g/mol. The standard InChI is InChI=1S/C16H17N3O2S/c20-22(21,13-7-2-1-3-8-13)12-6-11-17-16-18-14-9-4-5-10-15(14)19-16/h1-5,7-10H,6,11-12H2,(H2,17,18,19). The Bertz CT molecular complexity index is 824. The summed E-state index contributed by atoms with van der Waals surface area (Å²) in [5, 5.41) is 3.13. The fourth-order valence-corrected chi connectivity index (χ4v) is 3.58. The van der Waals surface area contributed by atoms with Crippen molar-refractivity contribution in [3.63, 3.8) is 0 Å². The van der Waals surface area contributed by atoms with E-state index in [0.29, 0.717) is 23.8 Å². The number of nitrogens with zero attached hydrogens (tertiary/aromatic N) is 1. The number of nitrogens with one attached hydrogen (secondary N) is 2. The largest absolute Gasteiger partial charge is 0.356 e. The molecule has 2 aromatic carbocycles. The third-order valence-electron chi connectivity index (χ3n) is 3.37. The monoisotopic (exact) mass is 315 g/mol. The Kier molecular flexibility index (Phi) is 4.11. The Hall–Kier alpha value is -2.34. The number of rotatable bonds is 6. The molecule has 114 valence electrons. The first-order valence-electron chi connectivity index (χ1n) is 7.11. The van der Waals surface area contributed by atoms with Gasteiger partial charge in [0.25, 0.3) is 0 Å². The second-order valence-electron chi connectivity index (χ2n) is 5.01. The third kappa shape index (κ3) is 3.28. The van der Waals surface area contributed by atoms with E-state index in [1.807, 2.05) is 30.3 Å². The van der Waals surface area contributed by atoms with Crippen molar-refractivity contribution in [3.05, 3.63) is 54.6 Å². The van der Waals surface area contributed by atoms with Gasteiger partial charge in [0, 0.05) is 6.54 Å². The predicted molar refractivity (Wildman–Crippen MR) is 87.7 cm³/mol. The van der Waals surface area contributed by atoms with Crippen LogP contribution in [0.2, 0.25) is 0 Å². The van der Waals surface area contributed by atoms with Crippen LogP contribution in [0.25, 0.3) is 11.0 Å². The summed E-state index contributed by atoms with van der Waals surface area (Å²) in [6.45, 7) is 0.548. The van der Waals surface area contributed by atoms with Crippen molar-refractivity contribution >= 4 is 26.8 Å². The lowest BCUT2D eigenvalue weighted by molar-refractivity contribution is 0.594. The second-order valence-corrected chi connectivity index (χ2v) is 7.12. The molecule has 0 aliphatic heterocycles. The van der Waals surface area contributed by atoms with Gasteiger partial charge in [0.1, 0.15) is 0 Å². The van der Waals surface area contributed by atoms with Crippen LogP contribution >= 0.6 is 0 Å². The van der Waals surface area contributed by atoms with Crippen LogP contribution in [0.15, 0.2) is 59.5 Å². The molecule has 0 amide bonds. The lowest BCUT2D eigenvalue weighted by Gasteiger charge is -2.05. The van der Waals surface area contributed by atoms with Crippen LogP contribution in [0.5, 0.6) is 0 Å². The number of H-pyrrole nitrogens is 1. The van der Waals surface area contributed by atoms with E-state index in [9.17, 15) is 8.42 Å². The number of para-hydroxylation sites is 2. The molecule has 0 atom stereocenters. The highest BCUT2D eigenvalue weighted by Crippen LogP contribution is 2.14. The molecule has 1 heterocycles. The van der Waals surface area contributed by atoms with Gasteiger partial charge in [-0.25, -0.2) is 13.4 Å². The molecule has 5 nitrogen and oxygen atoms in total. The Morgan fingerprint density at radius 3 is 2.50 bits per heavy atom. The molecule has 3 aromatic rings. The van der Waals surface area contributed by atoms with Crippen molar-refractivity contribution in [2.75, 3.05) is 17.6 Å². The lowest BCUT2D eigenvalue weighted by Crippen LogP contribution is -2.12. The maximum Gasteiger partial charge on any atom is 0.201 e. The van der Waals surface area contributed by atoms with Crippen molar-refractivity contribution in [1.82, 2.24) is 9.97 Å². The molecule has 0 aliphatic rings. The highest BCUT2D eigenvalue weighted by atomic mass is 32.2. The molecular formula is C16H17N3O2S. The minimum absolute atomic E-state index is 0.115. The van der Waals surface area contributed by atoms with Gasteiger partial charge < -0.3 is 10.3 Å². The molecule has 1 aromatic heterocycles. The van der Waals surface area contributed by atoms with E-state index in [-0.39, 0.29) is 5.75 Å². The molecule has 0 saturated heterocycles. The zero-order valence-electron chi connectivity index (χ0n) is 12.0. The van der Waals surface area contributed by atoms with E-state index in [0.717, 1.165) is 11.0 Å². The second kappa shape index (κ2) is 6.19. The van der Waals surface area contributed by atoms with Crippen LogP contribution < -0.4 is 5.32 Å². The molecule has 2 N–H and O–H groups in total. The highest BCUT2D eigenvalue weighted by molar-refractivity contribution is 7.91. The van der Waals surface area contributed by atoms with Gasteiger partial charge in [0.2, 0.25) is 5.95 Å². The quantitative estimate of drug-likeness (QED) is 0.686. The number of imidazole rings is 1. The van der Waals surface area contributed by atoms with E-state index >= 15 is 0 Å². The Morgan fingerprint density at radius 2 is 1.73 bits per heavy atom. The highest BCUT2D eigenvalue weighted by Gasteiger charge is 2.13. The van der Waals surface area contributed by atoms with Crippen molar-refractivity contribution in [3.8, 4) is 0 Å². The average Bonchev–Trinajstić information content (AvgIpc) is 2.95. The molecule has 0 spiro atoms. The number of hydrogen-bond acceptors (Lipinski definition) is 4. The number of anilines is 1. The predicted octanol–water partition coefficient (Wildman–Crippen LogP) is 2.84. The minimum Gasteiger partial charge on any atom is -0.356 e. The summed E-state index contributed by atoms with van der Waals surface area (Å²) in [5.74, 6) is 0.780. The SMILES string of the molecule is O=S(=O)(CCCNc1nc2ccccc2[nH]1)c1ccccc1. The molecule has 0 aliphatic carbocycles. The minimum atomic E-state index is -3.21. The number of aromatic nitrogens is 2. The van der Waals surface area contributed by atoms with Crippen molar-refractivity contribution in [2.24, 2.45) is 0 Å². The van der Waals surface area contributed by atoms with Gasteiger partial charge in [0.05, 0.1) is 21.7 Å². The topological polar surface area (TPSA) is 74.8 Å². The van der Waals surface area contributed by atoms with Gasteiger partial charge in [-0.3, -0.25) is 0 Å². The van der Waals surface area contributed by atoms with Crippen LogP contribution in [0.4, 0.5) is 5.95 Å². The van der Waals surface area contributed by atoms with Crippen molar-refractivity contribution in [1.29, 1.82) is 0 Å². The Balaban J connectivity index is 1.55. The third-order valence-corrected chi connectivity index (χ3v) is 5.19. The summed E-state index contributed by atoms with van der Waals surface area (Å²) in [5.41, 5.74) is 1.85. The van der Waals surface area contributed by atoms with Crippen LogP contribution in [0.1, 0.15) is 6.42 Å². The fourth-order valence-electron chi connectivity index (χ4n) is 2.25. The molecule has 0 bridgehead atoms. The maximum absolute atomic E-state index is 12.1. The van der Waals surface area contributed by atoms with Gasteiger partial charge >= 0.3 is 0 Å². The van der Waals surface area contributed by atoms with Gasteiger partial charge in [-0.05, 0) is 30.7 Å². The number of benzene rings is 2. The maximum atomic E-state index is 12.1. The molecule has 0 unspecified atom stereocenters. The van der Waals surface area contributed by atoms with Crippen LogP contribution in [0, 0.1) is 0 Å². The van der Waals surface area contributed by atoms with Gasteiger partial charge in [-0.2, -0.15) is 0 Å². The Morgan fingerprint density at radius 1 is 1.00 bits per heavy atom. The van der Waals surface area contributed by atoms with E-state index in [2.05, 4.69) is 15.3 Å². The molecule has 0 radical (unpaired) electrons.